The lowest BCUT2D eigenvalue weighted by Gasteiger charge is -2.15. The number of methoxy groups -OCH3 is 1. The Bertz CT molecular complexity index is 771. The number of hydrogen-bond acceptors (Lipinski definition) is 5. The maximum Gasteiger partial charge on any atom is 0.355 e. The van der Waals surface area contributed by atoms with Gasteiger partial charge in [0.15, 0.2) is 0 Å². The molecule has 0 atom stereocenters. The number of halogens is 1. The van der Waals surface area contributed by atoms with Gasteiger partial charge in [0.05, 0.1) is 24.5 Å². The van der Waals surface area contributed by atoms with Gasteiger partial charge in [-0.1, -0.05) is 11.6 Å². The normalized spacial score (nSPS) is 16.1. The molecule has 1 aromatic rings. The van der Waals surface area contributed by atoms with Crippen LogP contribution in [0.2, 0.25) is 5.02 Å². The smallest absolute Gasteiger partial charge is 0.355 e. The van der Waals surface area contributed by atoms with Crippen molar-refractivity contribution in [3.8, 4) is 5.75 Å². The zero-order chi connectivity index (χ0) is 16.3. The van der Waals surface area contributed by atoms with E-state index in [1.165, 1.54) is 19.3 Å². The van der Waals surface area contributed by atoms with Crippen LogP contribution in [0.5, 0.6) is 5.75 Å². The van der Waals surface area contributed by atoms with E-state index in [-0.39, 0.29) is 18.0 Å². The van der Waals surface area contributed by atoms with Crippen molar-refractivity contribution in [1.82, 2.24) is 4.72 Å². The summed E-state index contributed by atoms with van der Waals surface area (Å²) in [5.41, 5.74) is 0.294. The Morgan fingerprint density at radius 2 is 2.14 bits per heavy atom. The van der Waals surface area contributed by atoms with Crippen molar-refractivity contribution in [3.63, 3.8) is 0 Å². The summed E-state index contributed by atoms with van der Waals surface area (Å²) in [6.45, 7) is 1.74. The van der Waals surface area contributed by atoms with Crippen LogP contribution in [0.1, 0.15) is 12.5 Å². The standard InChI is InChI=1S/C13H13ClN2O5S/c1-3-21-13(17)11-7-10(15-22(18,19)16-11)8-4-5-12(20-2)9(14)6-8/h4-7,16H,3H2,1-2H3. The third-order valence-electron chi connectivity index (χ3n) is 2.68. The van der Waals surface area contributed by atoms with E-state index in [9.17, 15) is 13.2 Å². The molecule has 1 N–H and O–H groups in total. The highest BCUT2D eigenvalue weighted by molar-refractivity contribution is 7.88. The van der Waals surface area contributed by atoms with Crippen LogP contribution in [-0.2, 0) is 19.7 Å². The van der Waals surface area contributed by atoms with Gasteiger partial charge >= 0.3 is 16.2 Å². The van der Waals surface area contributed by atoms with E-state index in [4.69, 9.17) is 21.1 Å². The molecule has 0 spiro atoms. The minimum Gasteiger partial charge on any atom is -0.495 e. The summed E-state index contributed by atoms with van der Waals surface area (Å²) in [7, 11) is -2.56. The topological polar surface area (TPSA) is 94.1 Å². The molecule has 0 radical (unpaired) electrons. The minimum atomic E-state index is -4.03. The van der Waals surface area contributed by atoms with Crippen molar-refractivity contribution < 1.29 is 22.7 Å². The quantitative estimate of drug-likeness (QED) is 0.834. The Kier molecular flexibility index (Phi) is 4.72. The molecule has 7 nitrogen and oxygen atoms in total. The number of allylic oxidation sites excluding steroid dienone is 1. The number of ether oxygens (including phenoxy) is 2. The molecule has 1 aliphatic heterocycles. The number of nitrogens with one attached hydrogen (secondary N) is 1. The van der Waals surface area contributed by atoms with Crippen LogP contribution in [-0.4, -0.2) is 33.8 Å². The average molecular weight is 345 g/mol. The minimum absolute atomic E-state index is 0.0753. The lowest BCUT2D eigenvalue weighted by atomic mass is 10.1. The van der Waals surface area contributed by atoms with E-state index in [1.54, 1.807) is 19.1 Å². The number of nitrogens with zero attached hydrogens (tertiary/aromatic N) is 1. The molecule has 0 fully saturated rings. The number of carbonyl (C=O) groups is 1. The fourth-order valence-corrected chi connectivity index (χ4v) is 2.90. The molecule has 1 aliphatic rings. The Balaban J connectivity index is 2.46. The molecular formula is C13H13ClN2O5S. The van der Waals surface area contributed by atoms with Crippen molar-refractivity contribution >= 4 is 33.5 Å². The first-order chi connectivity index (χ1) is 10.4. The number of esters is 1. The SMILES string of the molecule is CCOC(=O)C1=CC(c2ccc(OC)c(Cl)c2)=NS(=O)(=O)N1. The van der Waals surface area contributed by atoms with Crippen molar-refractivity contribution in [3.05, 3.63) is 40.6 Å². The van der Waals surface area contributed by atoms with Gasteiger partial charge < -0.3 is 9.47 Å². The zero-order valence-electron chi connectivity index (χ0n) is 11.8. The number of benzene rings is 1. The molecule has 1 heterocycles. The Hall–Kier alpha value is -2.06. The summed E-state index contributed by atoms with van der Waals surface area (Å²) in [6.07, 6.45) is 1.29. The van der Waals surface area contributed by atoms with Crippen LogP contribution < -0.4 is 9.46 Å². The predicted octanol–water partition coefficient (Wildman–Crippen LogP) is 1.43. The second-order valence-electron chi connectivity index (χ2n) is 4.18. The summed E-state index contributed by atoms with van der Waals surface area (Å²) >= 11 is 6.01. The maximum atomic E-state index is 11.8. The molecule has 1 aromatic carbocycles. The summed E-state index contributed by atoms with van der Waals surface area (Å²) in [4.78, 5) is 11.7. The largest absolute Gasteiger partial charge is 0.495 e. The highest BCUT2D eigenvalue weighted by atomic mass is 35.5. The van der Waals surface area contributed by atoms with Gasteiger partial charge in [-0.15, -0.1) is 4.40 Å². The van der Waals surface area contributed by atoms with Gasteiger partial charge in [-0.3, -0.25) is 4.72 Å². The summed E-state index contributed by atoms with van der Waals surface area (Å²) in [5.74, 6) is -0.338. The highest BCUT2D eigenvalue weighted by Crippen LogP contribution is 2.26. The molecule has 0 aliphatic carbocycles. The van der Waals surface area contributed by atoms with Crippen LogP contribution in [0.15, 0.2) is 34.4 Å². The molecule has 0 bridgehead atoms. The van der Waals surface area contributed by atoms with Crippen LogP contribution in [0.25, 0.3) is 0 Å². The molecule has 0 saturated heterocycles. The van der Waals surface area contributed by atoms with Gasteiger partial charge in [0.1, 0.15) is 11.4 Å². The van der Waals surface area contributed by atoms with E-state index >= 15 is 0 Å². The fraction of sp³-hybridized carbons (Fsp3) is 0.231. The molecule has 0 saturated carbocycles. The second kappa shape index (κ2) is 6.37. The van der Waals surface area contributed by atoms with Crippen LogP contribution >= 0.6 is 11.6 Å². The fourth-order valence-electron chi connectivity index (χ4n) is 1.75. The summed E-state index contributed by atoms with van der Waals surface area (Å²) in [5, 5.41) is 0.296. The van der Waals surface area contributed by atoms with Crippen LogP contribution in [0.4, 0.5) is 0 Å². The Labute approximate surface area is 132 Å². The van der Waals surface area contributed by atoms with Crippen LogP contribution in [0.3, 0.4) is 0 Å². The Morgan fingerprint density at radius 1 is 1.41 bits per heavy atom. The summed E-state index contributed by atoms with van der Waals surface area (Å²) in [6, 6.07) is 4.66. The monoisotopic (exact) mass is 344 g/mol. The number of hydrogen-bond donors (Lipinski definition) is 1. The van der Waals surface area contributed by atoms with Crippen molar-refractivity contribution in [2.75, 3.05) is 13.7 Å². The maximum absolute atomic E-state index is 11.8. The molecule has 118 valence electrons. The van der Waals surface area contributed by atoms with Crippen molar-refractivity contribution in [2.24, 2.45) is 4.40 Å². The number of carbonyl (C=O) groups excluding carboxylic acids is 1. The second-order valence-corrected chi connectivity index (χ2v) is 5.93. The molecular weight excluding hydrogens is 332 g/mol. The van der Waals surface area contributed by atoms with E-state index in [1.807, 2.05) is 4.72 Å². The van der Waals surface area contributed by atoms with Crippen LogP contribution in [0, 0.1) is 0 Å². The van der Waals surface area contributed by atoms with E-state index in [0.29, 0.717) is 16.3 Å². The van der Waals surface area contributed by atoms with Gasteiger partial charge in [0.2, 0.25) is 0 Å². The molecule has 0 aromatic heterocycles. The lowest BCUT2D eigenvalue weighted by molar-refractivity contribution is -0.138. The van der Waals surface area contributed by atoms with Gasteiger partial charge in [-0.2, -0.15) is 8.42 Å². The molecule has 9 heteroatoms. The van der Waals surface area contributed by atoms with Gasteiger partial charge in [-0.05, 0) is 31.2 Å². The first-order valence-corrected chi connectivity index (χ1v) is 8.03. The molecule has 0 unspecified atom stereocenters. The lowest BCUT2D eigenvalue weighted by Crippen LogP contribution is -2.32. The predicted molar refractivity (Wildman–Crippen MR) is 81.3 cm³/mol. The van der Waals surface area contributed by atoms with Gasteiger partial charge in [0, 0.05) is 5.56 Å². The van der Waals surface area contributed by atoms with E-state index in [0.717, 1.165) is 0 Å². The average Bonchev–Trinajstić information content (AvgIpc) is 2.45. The number of rotatable bonds is 4. The first kappa shape index (κ1) is 16.3. The zero-order valence-corrected chi connectivity index (χ0v) is 13.4. The molecule has 2 rings (SSSR count). The van der Waals surface area contributed by atoms with Gasteiger partial charge in [-0.25, -0.2) is 4.79 Å². The third-order valence-corrected chi connectivity index (χ3v) is 3.89. The van der Waals surface area contributed by atoms with Crippen molar-refractivity contribution in [2.45, 2.75) is 6.92 Å². The first-order valence-electron chi connectivity index (χ1n) is 6.21. The highest BCUT2D eigenvalue weighted by Gasteiger charge is 2.24. The van der Waals surface area contributed by atoms with Crippen molar-refractivity contribution in [1.29, 1.82) is 0 Å². The third kappa shape index (κ3) is 3.58. The Morgan fingerprint density at radius 3 is 2.73 bits per heavy atom. The van der Waals surface area contributed by atoms with E-state index < -0.39 is 16.2 Å². The molecule has 22 heavy (non-hydrogen) atoms. The summed E-state index contributed by atoms with van der Waals surface area (Å²) < 4.78 is 38.9. The van der Waals surface area contributed by atoms with E-state index in [2.05, 4.69) is 4.40 Å². The molecule has 0 amide bonds. The van der Waals surface area contributed by atoms with Gasteiger partial charge in [0.25, 0.3) is 0 Å².